The Balaban J connectivity index is 1.59. The first-order chi connectivity index (χ1) is 20.7. The monoisotopic (exact) mass is 557 g/mol. The molecule has 0 N–H and O–H groups in total. The average Bonchev–Trinajstić information content (AvgIpc) is 3.35. The van der Waals surface area contributed by atoms with E-state index in [1.807, 2.05) is 42.6 Å². The third kappa shape index (κ3) is 3.64. The molecule has 0 bridgehead atoms. The lowest BCUT2D eigenvalue weighted by Gasteiger charge is -2.34. The van der Waals surface area contributed by atoms with E-state index in [9.17, 15) is 0 Å². The van der Waals surface area contributed by atoms with Crippen LogP contribution in [0.3, 0.4) is 0 Å². The smallest absolute Gasteiger partial charge is 0.115 e. The first kappa shape index (κ1) is 24.7. The summed E-state index contributed by atoms with van der Waals surface area (Å²) in [7, 11) is 0. The van der Waals surface area contributed by atoms with Crippen LogP contribution in [0, 0.1) is 0 Å². The van der Waals surface area contributed by atoms with Crippen LogP contribution in [-0.4, -0.2) is 15.0 Å². The first-order valence-electron chi connectivity index (χ1n) is 14.0. The summed E-state index contributed by atoms with van der Waals surface area (Å²) >= 11 is 6.78. The number of fused-ring (bicyclic) bond motifs is 4. The van der Waals surface area contributed by atoms with E-state index in [1.165, 1.54) is 5.56 Å². The van der Waals surface area contributed by atoms with Crippen LogP contribution in [0.15, 0.2) is 146 Å². The Morgan fingerprint density at radius 2 is 1.14 bits per heavy atom. The third-order valence-electron chi connectivity index (χ3n) is 8.25. The summed E-state index contributed by atoms with van der Waals surface area (Å²) in [6.07, 6.45) is 1.82. The highest BCUT2D eigenvalue weighted by atomic mass is 35.5. The molecule has 1 atom stereocenters. The fourth-order valence-electron chi connectivity index (χ4n) is 6.49. The maximum Gasteiger partial charge on any atom is 0.115 e. The SMILES string of the molecule is Clc1ccc2c(c1)C(c1ccccc1)(c1nc3c(-c4ccccc4)nccc3nc1-c1ccccc1)c1ccccc1-2. The standard InChI is InChI=1S/C38H24ClN3/c39-28-20-21-30-29-18-10-11-19-31(29)38(32(30)24-28,27-16-8-3-9-17-27)37-35(26-14-6-2-7-15-26)41-33-22-23-40-34(36(33)42-37)25-12-4-1-5-13-25/h1-24H. The Kier molecular flexibility index (Phi) is 5.73. The molecule has 198 valence electrons. The summed E-state index contributed by atoms with van der Waals surface area (Å²) in [5.41, 5.74) is 11.0. The van der Waals surface area contributed by atoms with E-state index >= 15 is 0 Å². The Morgan fingerprint density at radius 1 is 0.524 bits per heavy atom. The van der Waals surface area contributed by atoms with E-state index in [2.05, 4.69) is 103 Å². The molecule has 1 aliphatic rings. The van der Waals surface area contributed by atoms with Gasteiger partial charge >= 0.3 is 0 Å². The van der Waals surface area contributed by atoms with Crippen LogP contribution < -0.4 is 0 Å². The molecule has 0 fully saturated rings. The highest BCUT2D eigenvalue weighted by Crippen LogP contribution is 2.57. The van der Waals surface area contributed by atoms with Crippen molar-refractivity contribution >= 4 is 22.6 Å². The predicted molar refractivity (Wildman–Crippen MR) is 171 cm³/mol. The number of aromatic nitrogens is 3. The number of nitrogens with zero attached hydrogens (tertiary/aromatic N) is 3. The molecule has 0 amide bonds. The van der Waals surface area contributed by atoms with Crippen LogP contribution in [0.5, 0.6) is 0 Å². The van der Waals surface area contributed by atoms with Crippen molar-refractivity contribution < 1.29 is 0 Å². The number of halogens is 1. The topological polar surface area (TPSA) is 38.7 Å². The molecule has 0 radical (unpaired) electrons. The van der Waals surface area contributed by atoms with Gasteiger partial charge in [-0.2, -0.15) is 0 Å². The number of rotatable bonds is 4. The fraction of sp³-hybridized carbons (Fsp3) is 0.0263. The van der Waals surface area contributed by atoms with Gasteiger partial charge in [0.05, 0.1) is 28.0 Å². The molecular formula is C38H24ClN3. The Morgan fingerprint density at radius 3 is 1.88 bits per heavy atom. The molecule has 4 heteroatoms. The molecule has 0 spiro atoms. The van der Waals surface area contributed by atoms with Crippen molar-refractivity contribution in [3.8, 4) is 33.6 Å². The first-order valence-corrected chi connectivity index (χ1v) is 14.4. The van der Waals surface area contributed by atoms with E-state index in [1.54, 1.807) is 0 Å². The van der Waals surface area contributed by atoms with Gasteiger partial charge in [-0.05, 0) is 46.0 Å². The second-order valence-electron chi connectivity index (χ2n) is 10.5. The van der Waals surface area contributed by atoms with E-state index in [0.717, 1.165) is 61.5 Å². The number of hydrogen-bond donors (Lipinski definition) is 0. The van der Waals surface area contributed by atoms with E-state index < -0.39 is 5.41 Å². The van der Waals surface area contributed by atoms with Crippen molar-refractivity contribution in [2.45, 2.75) is 5.41 Å². The zero-order valence-corrected chi connectivity index (χ0v) is 23.3. The van der Waals surface area contributed by atoms with Crippen LogP contribution >= 0.6 is 11.6 Å². The van der Waals surface area contributed by atoms with Crippen molar-refractivity contribution in [2.75, 3.05) is 0 Å². The lowest BCUT2D eigenvalue weighted by atomic mass is 9.68. The molecule has 7 aromatic rings. The molecule has 0 aliphatic heterocycles. The van der Waals surface area contributed by atoms with Gasteiger partial charge in [-0.1, -0.05) is 133 Å². The molecule has 1 unspecified atom stereocenters. The third-order valence-corrected chi connectivity index (χ3v) is 8.48. The van der Waals surface area contributed by atoms with Gasteiger partial charge in [-0.3, -0.25) is 4.98 Å². The number of benzene rings is 5. The molecule has 3 nitrogen and oxygen atoms in total. The van der Waals surface area contributed by atoms with Crippen LogP contribution in [0.4, 0.5) is 0 Å². The molecule has 2 aromatic heterocycles. The average molecular weight is 558 g/mol. The van der Waals surface area contributed by atoms with Gasteiger partial charge in [0.25, 0.3) is 0 Å². The second kappa shape index (κ2) is 9.76. The summed E-state index contributed by atoms with van der Waals surface area (Å²) in [5, 5.41) is 0.684. The Labute approximate surface area is 249 Å². The van der Waals surface area contributed by atoms with Crippen molar-refractivity contribution in [2.24, 2.45) is 0 Å². The zero-order chi connectivity index (χ0) is 28.1. The highest BCUT2D eigenvalue weighted by molar-refractivity contribution is 6.30. The normalized spacial score (nSPS) is 15.4. The van der Waals surface area contributed by atoms with Crippen LogP contribution in [0.2, 0.25) is 5.02 Å². The van der Waals surface area contributed by atoms with E-state index in [4.69, 9.17) is 26.6 Å². The summed E-state index contributed by atoms with van der Waals surface area (Å²) in [5.74, 6) is 0. The van der Waals surface area contributed by atoms with Crippen molar-refractivity contribution in [3.63, 3.8) is 0 Å². The zero-order valence-electron chi connectivity index (χ0n) is 22.6. The summed E-state index contributed by atoms with van der Waals surface area (Å²) in [6, 6.07) is 48.0. The minimum atomic E-state index is -0.770. The van der Waals surface area contributed by atoms with Gasteiger partial charge in [0.1, 0.15) is 5.52 Å². The van der Waals surface area contributed by atoms with Gasteiger partial charge in [-0.25, -0.2) is 9.97 Å². The lowest BCUT2D eigenvalue weighted by Crippen LogP contribution is -2.31. The number of hydrogen-bond acceptors (Lipinski definition) is 3. The lowest BCUT2D eigenvalue weighted by molar-refractivity contribution is 0.737. The van der Waals surface area contributed by atoms with Gasteiger partial charge in [-0.15, -0.1) is 0 Å². The minimum Gasteiger partial charge on any atom is -0.254 e. The summed E-state index contributed by atoms with van der Waals surface area (Å²) < 4.78 is 0. The van der Waals surface area contributed by atoms with Crippen LogP contribution in [0.1, 0.15) is 22.4 Å². The highest BCUT2D eigenvalue weighted by Gasteiger charge is 2.49. The Hall–Kier alpha value is -5.12. The quantitative estimate of drug-likeness (QED) is 0.216. The fourth-order valence-corrected chi connectivity index (χ4v) is 6.66. The van der Waals surface area contributed by atoms with Gasteiger partial charge in [0.2, 0.25) is 0 Å². The van der Waals surface area contributed by atoms with Gasteiger partial charge in [0.15, 0.2) is 0 Å². The predicted octanol–water partition coefficient (Wildman–Crippen LogP) is 9.38. The van der Waals surface area contributed by atoms with Crippen molar-refractivity contribution in [3.05, 3.63) is 173 Å². The molecule has 0 saturated carbocycles. The molecule has 0 saturated heterocycles. The molecular weight excluding hydrogens is 534 g/mol. The van der Waals surface area contributed by atoms with Gasteiger partial charge < -0.3 is 0 Å². The second-order valence-corrected chi connectivity index (χ2v) is 11.0. The van der Waals surface area contributed by atoms with Crippen LogP contribution in [-0.2, 0) is 5.41 Å². The molecule has 8 rings (SSSR count). The van der Waals surface area contributed by atoms with Crippen LogP contribution in [0.25, 0.3) is 44.7 Å². The van der Waals surface area contributed by atoms with E-state index in [-0.39, 0.29) is 0 Å². The molecule has 42 heavy (non-hydrogen) atoms. The molecule has 1 aliphatic carbocycles. The molecule has 5 aromatic carbocycles. The number of pyridine rings is 1. The minimum absolute atomic E-state index is 0.684. The maximum atomic E-state index is 6.78. The van der Waals surface area contributed by atoms with Gasteiger partial charge in [0, 0.05) is 22.3 Å². The maximum absolute atomic E-state index is 6.78. The van der Waals surface area contributed by atoms with Crippen molar-refractivity contribution in [1.29, 1.82) is 0 Å². The Bertz CT molecular complexity index is 2090. The molecule has 2 heterocycles. The largest absolute Gasteiger partial charge is 0.254 e. The van der Waals surface area contributed by atoms with E-state index in [0.29, 0.717) is 5.02 Å². The summed E-state index contributed by atoms with van der Waals surface area (Å²) in [6.45, 7) is 0. The summed E-state index contributed by atoms with van der Waals surface area (Å²) in [4.78, 5) is 15.8. The van der Waals surface area contributed by atoms with Crippen molar-refractivity contribution in [1.82, 2.24) is 15.0 Å².